The molecule has 3 aromatic rings. The molecule has 1 aromatic heterocycles. The molecule has 3 N–H and O–H groups in total. The molecule has 13 heteroatoms. The predicted octanol–water partition coefficient (Wildman–Crippen LogP) is 3.04. The average Bonchev–Trinajstić information content (AvgIpc) is 2.78. The van der Waals surface area contributed by atoms with Crippen LogP contribution in [-0.2, 0) is 11.2 Å². The van der Waals surface area contributed by atoms with E-state index in [2.05, 4.69) is 26.1 Å². The van der Waals surface area contributed by atoms with Crippen molar-refractivity contribution < 1.29 is 19.4 Å². The fourth-order valence-electron chi connectivity index (χ4n) is 2.88. The molecule has 170 valence electrons. The molecule has 0 unspecified atom stereocenters. The van der Waals surface area contributed by atoms with Crippen LogP contribution in [0.25, 0.3) is 0 Å². The summed E-state index contributed by atoms with van der Waals surface area (Å²) >= 11 is 0. The Balaban J connectivity index is 1.76. The molecule has 1 amide bonds. The molecule has 0 fully saturated rings. The Hall–Kier alpha value is -4.81. The molecule has 0 bridgehead atoms. The molecule has 33 heavy (non-hydrogen) atoms. The number of nitrogens with zero attached hydrogens (tertiary/aromatic N) is 4. The van der Waals surface area contributed by atoms with Gasteiger partial charge in [-0.25, -0.2) is 9.97 Å². The number of nitro groups is 2. The van der Waals surface area contributed by atoms with Gasteiger partial charge in [-0.05, 0) is 30.2 Å². The van der Waals surface area contributed by atoms with Crippen molar-refractivity contribution in [2.24, 2.45) is 0 Å². The van der Waals surface area contributed by atoms with E-state index in [1.807, 2.05) is 13.0 Å². The Morgan fingerprint density at radius 2 is 1.73 bits per heavy atom. The maximum absolute atomic E-state index is 12.2. The van der Waals surface area contributed by atoms with E-state index in [0.29, 0.717) is 17.0 Å². The number of carbonyl (C=O) groups excluding carboxylic acids is 1. The molecule has 0 aliphatic heterocycles. The van der Waals surface area contributed by atoms with Crippen LogP contribution in [0.1, 0.15) is 11.1 Å². The van der Waals surface area contributed by atoms with Crippen LogP contribution in [-0.4, -0.2) is 32.8 Å². The smallest absolute Gasteiger partial charge is 0.355 e. The number of carbonyl (C=O) groups is 1. The van der Waals surface area contributed by atoms with Crippen LogP contribution >= 0.6 is 0 Å². The molecular formula is C20H19N7O6. The summed E-state index contributed by atoms with van der Waals surface area (Å²) in [6.45, 7) is 1.85. The van der Waals surface area contributed by atoms with Gasteiger partial charge >= 0.3 is 5.69 Å². The van der Waals surface area contributed by atoms with E-state index < -0.39 is 21.4 Å². The summed E-state index contributed by atoms with van der Waals surface area (Å²) in [6.07, 6.45) is 0.984. The van der Waals surface area contributed by atoms with Crippen molar-refractivity contribution in [2.45, 2.75) is 13.3 Å². The second kappa shape index (κ2) is 10.00. The number of benzene rings is 2. The molecule has 0 aliphatic carbocycles. The van der Waals surface area contributed by atoms with Gasteiger partial charge in [-0.3, -0.25) is 35.9 Å². The fraction of sp³-hybridized carbons (Fsp3) is 0.150. The van der Waals surface area contributed by atoms with E-state index >= 15 is 0 Å². The van der Waals surface area contributed by atoms with Crippen molar-refractivity contribution in [3.63, 3.8) is 0 Å². The minimum Gasteiger partial charge on any atom is -0.495 e. The van der Waals surface area contributed by atoms with Crippen LogP contribution in [0.5, 0.6) is 5.75 Å². The van der Waals surface area contributed by atoms with E-state index in [4.69, 9.17) is 4.74 Å². The molecule has 0 aliphatic rings. The highest BCUT2D eigenvalue weighted by Gasteiger charge is 2.24. The molecule has 13 nitrogen and oxygen atoms in total. The third-order valence-corrected chi connectivity index (χ3v) is 4.45. The second-order valence-electron chi connectivity index (χ2n) is 6.78. The van der Waals surface area contributed by atoms with Crippen LogP contribution in [0, 0.1) is 27.2 Å². The maximum Gasteiger partial charge on any atom is 0.355 e. The molecule has 0 saturated heterocycles. The Morgan fingerprint density at radius 3 is 2.36 bits per heavy atom. The van der Waals surface area contributed by atoms with Gasteiger partial charge in [0.15, 0.2) is 0 Å². The molecule has 1 heterocycles. The van der Waals surface area contributed by atoms with Crippen LogP contribution in [0.4, 0.5) is 28.7 Å². The number of amides is 1. The van der Waals surface area contributed by atoms with Crippen molar-refractivity contribution >= 4 is 34.6 Å². The SMILES string of the molecule is COc1ccc(C)cc1Nc1ncnc(NNC(=O)Cc2ccc([N+](=O)[O-])cc2)c1[N+](=O)[O-]. The zero-order chi connectivity index (χ0) is 24.0. The number of aromatic nitrogens is 2. The molecule has 0 radical (unpaired) electrons. The first-order valence-corrected chi connectivity index (χ1v) is 9.47. The third-order valence-electron chi connectivity index (χ3n) is 4.45. The molecular weight excluding hydrogens is 434 g/mol. The minimum absolute atomic E-state index is 0.0980. The van der Waals surface area contributed by atoms with Crippen molar-refractivity contribution in [3.8, 4) is 5.75 Å². The predicted molar refractivity (Wildman–Crippen MR) is 118 cm³/mol. The molecule has 0 spiro atoms. The first-order chi connectivity index (χ1) is 15.8. The Morgan fingerprint density at radius 1 is 1.03 bits per heavy atom. The highest BCUT2D eigenvalue weighted by atomic mass is 16.6. The van der Waals surface area contributed by atoms with Crippen LogP contribution in [0.15, 0.2) is 48.8 Å². The van der Waals surface area contributed by atoms with Gasteiger partial charge < -0.3 is 10.1 Å². The number of non-ortho nitro benzene ring substituents is 1. The lowest BCUT2D eigenvalue weighted by molar-refractivity contribution is -0.384. The van der Waals surface area contributed by atoms with Gasteiger partial charge in [0, 0.05) is 12.1 Å². The number of ether oxygens (including phenoxy) is 1. The quantitative estimate of drug-likeness (QED) is 0.322. The second-order valence-corrected chi connectivity index (χ2v) is 6.78. The van der Waals surface area contributed by atoms with Crippen molar-refractivity contribution in [1.82, 2.24) is 15.4 Å². The van der Waals surface area contributed by atoms with Gasteiger partial charge in [-0.15, -0.1) is 0 Å². The first kappa shape index (κ1) is 22.9. The normalized spacial score (nSPS) is 10.2. The van der Waals surface area contributed by atoms with Gasteiger partial charge in [0.05, 0.1) is 29.1 Å². The summed E-state index contributed by atoms with van der Waals surface area (Å²) in [5.41, 5.74) is 6.06. The van der Waals surface area contributed by atoms with Crippen LogP contribution in [0.3, 0.4) is 0 Å². The van der Waals surface area contributed by atoms with Gasteiger partial charge in [0.1, 0.15) is 12.1 Å². The van der Waals surface area contributed by atoms with Crippen molar-refractivity contribution in [3.05, 3.63) is 80.1 Å². The third kappa shape index (κ3) is 5.66. The molecule has 0 saturated carbocycles. The topological polar surface area (TPSA) is 174 Å². The van der Waals surface area contributed by atoms with E-state index in [1.165, 1.54) is 31.4 Å². The van der Waals surface area contributed by atoms with Gasteiger partial charge in [0.25, 0.3) is 5.69 Å². The number of nitrogens with one attached hydrogen (secondary N) is 3. The maximum atomic E-state index is 12.2. The lowest BCUT2D eigenvalue weighted by Gasteiger charge is -2.13. The molecule has 2 aromatic carbocycles. The van der Waals surface area contributed by atoms with E-state index in [-0.39, 0.29) is 23.7 Å². The Bertz CT molecular complexity index is 1200. The summed E-state index contributed by atoms with van der Waals surface area (Å²) in [6, 6.07) is 10.7. The van der Waals surface area contributed by atoms with Gasteiger partial charge in [-0.2, -0.15) is 0 Å². The number of aryl methyl sites for hydroxylation is 1. The molecule has 0 atom stereocenters. The van der Waals surface area contributed by atoms with E-state index in [9.17, 15) is 25.0 Å². The standard InChI is InChI=1S/C20H19N7O6/c1-12-3-8-16(33-2)15(9-12)23-19-18(27(31)32)20(22-11-21-19)25-24-17(28)10-13-4-6-14(7-5-13)26(29)30/h3-9,11H,10H2,1-2H3,(H,24,28)(H2,21,22,23,25). The lowest BCUT2D eigenvalue weighted by atomic mass is 10.1. The summed E-state index contributed by atoms with van der Waals surface area (Å²) in [5.74, 6) is -0.418. The summed E-state index contributed by atoms with van der Waals surface area (Å²) in [7, 11) is 1.47. The lowest BCUT2D eigenvalue weighted by Crippen LogP contribution is -2.31. The largest absolute Gasteiger partial charge is 0.495 e. The van der Waals surface area contributed by atoms with Crippen LogP contribution in [0.2, 0.25) is 0 Å². The number of rotatable bonds is 9. The molecule has 3 rings (SSSR count). The fourth-order valence-corrected chi connectivity index (χ4v) is 2.88. The zero-order valence-corrected chi connectivity index (χ0v) is 17.6. The van der Waals surface area contributed by atoms with Crippen molar-refractivity contribution in [1.29, 1.82) is 0 Å². The first-order valence-electron chi connectivity index (χ1n) is 9.47. The summed E-state index contributed by atoms with van der Waals surface area (Å²) < 4.78 is 5.27. The highest BCUT2D eigenvalue weighted by molar-refractivity contribution is 5.82. The number of nitro benzene ring substituents is 1. The average molecular weight is 453 g/mol. The highest BCUT2D eigenvalue weighted by Crippen LogP contribution is 2.34. The van der Waals surface area contributed by atoms with E-state index in [1.54, 1.807) is 12.1 Å². The van der Waals surface area contributed by atoms with E-state index in [0.717, 1.165) is 11.9 Å². The Kier molecular flexibility index (Phi) is 6.93. The summed E-state index contributed by atoms with van der Waals surface area (Å²) in [5, 5.41) is 25.3. The minimum atomic E-state index is -0.685. The number of anilines is 3. The Labute approximate surface area is 187 Å². The van der Waals surface area contributed by atoms with Crippen molar-refractivity contribution in [2.75, 3.05) is 17.9 Å². The number of methoxy groups -OCH3 is 1. The number of hydrogen-bond donors (Lipinski definition) is 3. The zero-order valence-electron chi connectivity index (χ0n) is 17.6. The number of hydrogen-bond acceptors (Lipinski definition) is 10. The van der Waals surface area contributed by atoms with Gasteiger partial charge in [-0.1, -0.05) is 18.2 Å². The van der Waals surface area contributed by atoms with Gasteiger partial charge in [0.2, 0.25) is 17.5 Å². The number of hydrazine groups is 1. The monoisotopic (exact) mass is 453 g/mol. The summed E-state index contributed by atoms with van der Waals surface area (Å²) in [4.78, 5) is 41.2. The van der Waals surface area contributed by atoms with Crippen LogP contribution < -0.4 is 20.9 Å².